The van der Waals surface area contributed by atoms with Gasteiger partial charge in [-0.2, -0.15) is 0 Å². The number of ether oxygens (including phenoxy) is 3. The van der Waals surface area contributed by atoms with E-state index in [0.29, 0.717) is 17.1 Å². The molecule has 1 amide bonds. The van der Waals surface area contributed by atoms with Crippen molar-refractivity contribution in [2.75, 3.05) is 20.3 Å². The second-order valence-electron chi connectivity index (χ2n) is 5.50. The number of rotatable bonds is 6. The molecule has 2 rings (SSSR count). The molecule has 1 N–H and O–H groups in total. The van der Waals surface area contributed by atoms with E-state index in [1.165, 1.54) is 0 Å². The normalized spacial score (nSPS) is 10.2. The molecule has 0 aliphatic rings. The van der Waals surface area contributed by atoms with Gasteiger partial charge >= 0.3 is 12.1 Å². The number of fused-ring (bicyclic) bond motifs is 1. The molecule has 2 aromatic carbocycles. The fraction of sp³-hybridized carbons (Fsp3) is 0.263. The first kappa shape index (κ1) is 18.3. The maximum Gasteiger partial charge on any atom is 0.412 e. The van der Waals surface area contributed by atoms with Crippen LogP contribution in [0, 0.1) is 6.92 Å². The van der Waals surface area contributed by atoms with Gasteiger partial charge in [-0.1, -0.05) is 30.8 Å². The Morgan fingerprint density at radius 2 is 1.88 bits per heavy atom. The highest BCUT2D eigenvalue weighted by atomic mass is 16.6. The Hall–Kier alpha value is -3.02. The van der Waals surface area contributed by atoms with Crippen molar-refractivity contribution in [3.8, 4) is 11.5 Å². The summed E-state index contributed by atoms with van der Waals surface area (Å²) in [7, 11) is 1.60. The van der Waals surface area contributed by atoms with Gasteiger partial charge in [-0.15, -0.1) is 0 Å². The SMILES string of the molecule is C=C(C)C(=O)OCCNC(=O)Oc1c(C)cc(OC)c2ccccc12. The van der Waals surface area contributed by atoms with Crippen molar-refractivity contribution in [2.45, 2.75) is 13.8 Å². The number of carbonyl (C=O) groups excluding carboxylic acids is 2. The average molecular weight is 343 g/mol. The minimum atomic E-state index is -0.621. The molecule has 25 heavy (non-hydrogen) atoms. The summed E-state index contributed by atoms with van der Waals surface area (Å²) in [5.74, 6) is 0.688. The number of aryl methyl sites for hydroxylation is 1. The van der Waals surface area contributed by atoms with Gasteiger partial charge in [0.05, 0.1) is 13.7 Å². The van der Waals surface area contributed by atoms with E-state index < -0.39 is 12.1 Å². The molecule has 0 saturated heterocycles. The highest BCUT2D eigenvalue weighted by molar-refractivity contribution is 5.95. The van der Waals surface area contributed by atoms with Crippen LogP contribution in [0.3, 0.4) is 0 Å². The van der Waals surface area contributed by atoms with E-state index in [9.17, 15) is 9.59 Å². The van der Waals surface area contributed by atoms with Crippen molar-refractivity contribution >= 4 is 22.8 Å². The van der Waals surface area contributed by atoms with Crippen molar-refractivity contribution in [3.05, 3.63) is 48.0 Å². The van der Waals surface area contributed by atoms with Crippen molar-refractivity contribution < 1.29 is 23.8 Å². The van der Waals surface area contributed by atoms with Gasteiger partial charge in [0.15, 0.2) is 0 Å². The first-order chi connectivity index (χ1) is 11.9. The van der Waals surface area contributed by atoms with Gasteiger partial charge in [0.2, 0.25) is 0 Å². The number of benzene rings is 2. The summed E-state index contributed by atoms with van der Waals surface area (Å²) in [5.41, 5.74) is 1.09. The fourth-order valence-corrected chi connectivity index (χ4v) is 2.30. The summed E-state index contributed by atoms with van der Waals surface area (Å²) in [6.07, 6.45) is -0.621. The molecule has 6 heteroatoms. The third-order valence-electron chi connectivity index (χ3n) is 3.51. The smallest absolute Gasteiger partial charge is 0.412 e. The zero-order chi connectivity index (χ0) is 18.4. The van der Waals surface area contributed by atoms with Gasteiger partial charge in [0.1, 0.15) is 18.1 Å². The topological polar surface area (TPSA) is 73.9 Å². The summed E-state index contributed by atoms with van der Waals surface area (Å²) in [6.45, 7) is 7.07. The number of methoxy groups -OCH3 is 1. The monoisotopic (exact) mass is 343 g/mol. The lowest BCUT2D eigenvalue weighted by molar-refractivity contribution is -0.138. The standard InChI is InChI=1S/C19H21NO5/c1-12(2)18(21)24-10-9-20-19(22)25-17-13(3)11-16(23-4)14-7-5-6-8-15(14)17/h5-8,11H,1,9-10H2,2-4H3,(H,20,22). The Bertz CT molecular complexity index is 813. The highest BCUT2D eigenvalue weighted by Gasteiger charge is 2.14. The van der Waals surface area contributed by atoms with Crippen LogP contribution in [0.15, 0.2) is 42.5 Å². The summed E-state index contributed by atoms with van der Waals surface area (Å²) >= 11 is 0. The summed E-state index contributed by atoms with van der Waals surface area (Å²) in [4.78, 5) is 23.3. The summed E-state index contributed by atoms with van der Waals surface area (Å²) in [5, 5.41) is 4.18. The van der Waals surface area contributed by atoms with Gasteiger partial charge in [0.25, 0.3) is 0 Å². The van der Waals surface area contributed by atoms with Crippen molar-refractivity contribution in [1.82, 2.24) is 5.32 Å². The second kappa shape index (κ2) is 8.19. The van der Waals surface area contributed by atoms with E-state index in [0.717, 1.165) is 16.3 Å². The average Bonchev–Trinajstić information content (AvgIpc) is 2.60. The van der Waals surface area contributed by atoms with Crippen molar-refractivity contribution in [3.63, 3.8) is 0 Å². The largest absolute Gasteiger partial charge is 0.496 e. The molecule has 132 valence electrons. The first-order valence-corrected chi connectivity index (χ1v) is 7.78. The third-order valence-corrected chi connectivity index (χ3v) is 3.51. The van der Waals surface area contributed by atoms with Gasteiger partial charge in [-0.25, -0.2) is 9.59 Å². The van der Waals surface area contributed by atoms with Crippen LogP contribution in [0.4, 0.5) is 4.79 Å². The molecule has 0 saturated carbocycles. The van der Waals surface area contributed by atoms with E-state index in [2.05, 4.69) is 11.9 Å². The fourth-order valence-electron chi connectivity index (χ4n) is 2.30. The number of hydrogen-bond donors (Lipinski definition) is 1. The van der Waals surface area contributed by atoms with Crippen molar-refractivity contribution in [1.29, 1.82) is 0 Å². The van der Waals surface area contributed by atoms with Gasteiger partial charge in [-0.05, 0) is 25.5 Å². The molecule has 0 atom stereocenters. The minimum absolute atomic E-state index is 0.0448. The van der Waals surface area contributed by atoms with Crippen LogP contribution in [0.5, 0.6) is 11.5 Å². The third kappa shape index (κ3) is 4.50. The number of carbonyl (C=O) groups is 2. The number of hydrogen-bond acceptors (Lipinski definition) is 5. The lowest BCUT2D eigenvalue weighted by Crippen LogP contribution is -2.30. The van der Waals surface area contributed by atoms with Gasteiger partial charge in [0, 0.05) is 16.3 Å². The molecule has 0 radical (unpaired) electrons. The van der Waals surface area contributed by atoms with E-state index in [-0.39, 0.29) is 13.2 Å². The number of esters is 1. The molecule has 0 heterocycles. The predicted octanol–water partition coefficient (Wildman–Crippen LogP) is 3.36. The van der Waals surface area contributed by atoms with E-state index in [1.807, 2.05) is 37.3 Å². The maximum absolute atomic E-state index is 12.0. The highest BCUT2D eigenvalue weighted by Crippen LogP contribution is 2.36. The lowest BCUT2D eigenvalue weighted by atomic mass is 10.0. The van der Waals surface area contributed by atoms with Crippen LogP contribution in [0.2, 0.25) is 0 Å². The Balaban J connectivity index is 2.05. The van der Waals surface area contributed by atoms with E-state index >= 15 is 0 Å². The molecule has 6 nitrogen and oxygen atoms in total. The van der Waals surface area contributed by atoms with Crippen LogP contribution in [-0.4, -0.2) is 32.3 Å². The first-order valence-electron chi connectivity index (χ1n) is 7.78. The summed E-state index contributed by atoms with van der Waals surface area (Å²) in [6, 6.07) is 9.33. The molecule has 0 aromatic heterocycles. The Morgan fingerprint density at radius 3 is 2.52 bits per heavy atom. The Labute approximate surface area is 146 Å². The van der Waals surface area contributed by atoms with Crippen LogP contribution in [0.1, 0.15) is 12.5 Å². The molecule has 0 unspecified atom stereocenters. The van der Waals surface area contributed by atoms with E-state index in [4.69, 9.17) is 14.2 Å². The molecule has 0 spiro atoms. The number of amides is 1. The molecule has 2 aromatic rings. The molecule has 0 aliphatic heterocycles. The Morgan fingerprint density at radius 1 is 1.20 bits per heavy atom. The predicted molar refractivity (Wildman–Crippen MR) is 95.0 cm³/mol. The number of nitrogens with one attached hydrogen (secondary N) is 1. The van der Waals surface area contributed by atoms with E-state index in [1.54, 1.807) is 14.0 Å². The van der Waals surface area contributed by atoms with Crippen LogP contribution in [-0.2, 0) is 9.53 Å². The van der Waals surface area contributed by atoms with Crippen molar-refractivity contribution in [2.24, 2.45) is 0 Å². The Kier molecular flexibility index (Phi) is 6.00. The minimum Gasteiger partial charge on any atom is -0.496 e. The molecular formula is C19H21NO5. The lowest BCUT2D eigenvalue weighted by Gasteiger charge is -2.14. The van der Waals surface area contributed by atoms with Crippen LogP contribution < -0.4 is 14.8 Å². The molecular weight excluding hydrogens is 322 g/mol. The van der Waals surface area contributed by atoms with Gasteiger partial charge in [-0.3, -0.25) is 0 Å². The quantitative estimate of drug-likeness (QED) is 0.494. The molecule has 0 aliphatic carbocycles. The zero-order valence-corrected chi connectivity index (χ0v) is 14.5. The van der Waals surface area contributed by atoms with Crippen LogP contribution in [0.25, 0.3) is 10.8 Å². The molecule has 0 fully saturated rings. The maximum atomic E-state index is 12.0. The van der Waals surface area contributed by atoms with Crippen LogP contribution >= 0.6 is 0 Å². The zero-order valence-electron chi connectivity index (χ0n) is 14.5. The van der Waals surface area contributed by atoms with Gasteiger partial charge < -0.3 is 19.5 Å². The molecule has 0 bridgehead atoms. The second-order valence-corrected chi connectivity index (χ2v) is 5.50. The summed E-state index contributed by atoms with van der Waals surface area (Å²) < 4.78 is 15.7.